The Balaban J connectivity index is 2.04. The van der Waals surface area contributed by atoms with E-state index in [0.717, 1.165) is 31.5 Å². The van der Waals surface area contributed by atoms with E-state index in [0.29, 0.717) is 12.1 Å². The molecule has 0 aromatic heterocycles. The first-order valence-corrected chi connectivity index (χ1v) is 6.82. The minimum Gasteiger partial charge on any atom is -0.390 e. The van der Waals surface area contributed by atoms with Crippen LogP contribution in [0.4, 0.5) is 4.39 Å². The smallest absolute Gasteiger partial charge is 0.124 e. The molecule has 2 rings (SSSR count). The van der Waals surface area contributed by atoms with E-state index in [9.17, 15) is 9.50 Å². The van der Waals surface area contributed by atoms with Gasteiger partial charge in [-0.05, 0) is 43.5 Å². The maximum absolute atomic E-state index is 13.5. The molecule has 0 bridgehead atoms. The summed E-state index contributed by atoms with van der Waals surface area (Å²) in [6, 6.07) is 4.72. The molecule has 20 heavy (non-hydrogen) atoms. The summed E-state index contributed by atoms with van der Waals surface area (Å²) in [6.45, 7) is 3.89. The van der Waals surface area contributed by atoms with E-state index < -0.39 is 5.60 Å². The molecule has 1 heterocycles. The topological polar surface area (TPSA) is 43.7 Å². The van der Waals surface area contributed by atoms with Crippen molar-refractivity contribution >= 4 is 0 Å². The van der Waals surface area contributed by atoms with Crippen LogP contribution in [0.15, 0.2) is 18.2 Å². The van der Waals surface area contributed by atoms with Crippen molar-refractivity contribution < 1.29 is 14.6 Å². The van der Waals surface area contributed by atoms with Gasteiger partial charge in [-0.15, -0.1) is 0 Å². The van der Waals surface area contributed by atoms with Gasteiger partial charge in [0.05, 0.1) is 5.60 Å². The molecule has 4 heteroatoms. The van der Waals surface area contributed by atoms with Crippen molar-refractivity contribution in [3.63, 3.8) is 0 Å². The van der Waals surface area contributed by atoms with Crippen LogP contribution in [-0.2, 0) is 6.54 Å². The molecule has 2 N–H and O–H groups in total. The largest absolute Gasteiger partial charge is 0.390 e. The standard InChI is InChI=1S/C16H20FNO2/c1-16(20)4-6-18(7-5-16)12-14-9-13(3-2-8-19)10-15(17)11-14/h9-11,19-20H,4-8,12H2,1H3. The molecule has 1 aliphatic heterocycles. The van der Waals surface area contributed by atoms with Gasteiger partial charge in [-0.1, -0.05) is 11.8 Å². The summed E-state index contributed by atoms with van der Waals surface area (Å²) in [6.07, 6.45) is 1.47. The van der Waals surface area contributed by atoms with Crippen LogP contribution in [0.1, 0.15) is 30.9 Å². The van der Waals surface area contributed by atoms with Crippen LogP contribution in [-0.4, -0.2) is 40.4 Å². The second-order valence-electron chi connectivity index (χ2n) is 5.58. The number of benzene rings is 1. The zero-order valence-corrected chi connectivity index (χ0v) is 11.7. The molecular formula is C16H20FNO2. The molecule has 108 valence electrons. The summed E-state index contributed by atoms with van der Waals surface area (Å²) in [7, 11) is 0. The van der Waals surface area contributed by atoms with Gasteiger partial charge in [0.1, 0.15) is 12.4 Å². The minimum atomic E-state index is -0.573. The predicted molar refractivity (Wildman–Crippen MR) is 75.5 cm³/mol. The van der Waals surface area contributed by atoms with Gasteiger partial charge >= 0.3 is 0 Å². The first-order valence-electron chi connectivity index (χ1n) is 6.82. The Labute approximate surface area is 119 Å². The Bertz CT molecular complexity index is 521. The van der Waals surface area contributed by atoms with Crippen molar-refractivity contribution in [3.8, 4) is 11.8 Å². The van der Waals surface area contributed by atoms with Gasteiger partial charge in [-0.25, -0.2) is 4.39 Å². The number of halogens is 1. The second kappa shape index (κ2) is 6.36. The lowest BCUT2D eigenvalue weighted by atomic mass is 9.93. The maximum Gasteiger partial charge on any atom is 0.124 e. The van der Waals surface area contributed by atoms with E-state index >= 15 is 0 Å². The first kappa shape index (κ1) is 15.0. The maximum atomic E-state index is 13.5. The number of rotatable bonds is 2. The highest BCUT2D eigenvalue weighted by Gasteiger charge is 2.27. The lowest BCUT2D eigenvalue weighted by Gasteiger charge is -2.35. The van der Waals surface area contributed by atoms with Crippen LogP contribution in [0, 0.1) is 17.7 Å². The molecule has 1 aromatic carbocycles. The summed E-state index contributed by atoms with van der Waals surface area (Å²) in [4.78, 5) is 2.20. The fourth-order valence-corrected chi connectivity index (χ4v) is 2.41. The quantitative estimate of drug-likeness (QED) is 0.806. The SMILES string of the molecule is CC1(O)CCN(Cc2cc(F)cc(C#CCO)c2)CC1. The van der Waals surface area contributed by atoms with Gasteiger partial charge in [0.15, 0.2) is 0 Å². The van der Waals surface area contributed by atoms with Crippen molar-refractivity contribution in [1.29, 1.82) is 0 Å². The molecule has 0 amide bonds. The summed E-state index contributed by atoms with van der Waals surface area (Å²) >= 11 is 0. The molecule has 0 aliphatic carbocycles. The first-order chi connectivity index (χ1) is 9.48. The Morgan fingerprint density at radius 1 is 1.30 bits per heavy atom. The summed E-state index contributed by atoms with van der Waals surface area (Å²) < 4.78 is 13.5. The predicted octanol–water partition coefficient (Wildman–Crippen LogP) is 1.52. The molecule has 1 aliphatic rings. The van der Waals surface area contributed by atoms with E-state index in [1.54, 1.807) is 0 Å². The number of aliphatic hydroxyl groups excluding tert-OH is 1. The number of hydrogen-bond donors (Lipinski definition) is 2. The minimum absolute atomic E-state index is 0.229. The molecule has 3 nitrogen and oxygen atoms in total. The van der Waals surface area contributed by atoms with Crippen LogP contribution in [0.5, 0.6) is 0 Å². The molecule has 0 spiro atoms. The number of piperidine rings is 1. The van der Waals surface area contributed by atoms with E-state index in [-0.39, 0.29) is 12.4 Å². The number of hydrogen-bond acceptors (Lipinski definition) is 3. The molecular weight excluding hydrogens is 257 g/mol. The van der Waals surface area contributed by atoms with Crippen molar-refractivity contribution in [2.75, 3.05) is 19.7 Å². The molecule has 1 saturated heterocycles. The van der Waals surface area contributed by atoms with Gasteiger partial charge in [-0.2, -0.15) is 0 Å². The summed E-state index contributed by atoms with van der Waals surface area (Å²) in [5.41, 5.74) is 0.878. The average Bonchev–Trinajstić information content (AvgIpc) is 2.38. The van der Waals surface area contributed by atoms with E-state index in [1.165, 1.54) is 12.1 Å². The van der Waals surface area contributed by atoms with E-state index in [1.807, 2.05) is 13.0 Å². The third-order valence-corrected chi connectivity index (χ3v) is 3.61. The number of aliphatic hydroxyl groups is 2. The van der Waals surface area contributed by atoms with Gasteiger partial charge < -0.3 is 10.2 Å². The highest BCUT2D eigenvalue weighted by Crippen LogP contribution is 2.22. The zero-order valence-electron chi connectivity index (χ0n) is 11.7. The van der Waals surface area contributed by atoms with Gasteiger partial charge in [0.25, 0.3) is 0 Å². The van der Waals surface area contributed by atoms with Crippen molar-refractivity contribution in [1.82, 2.24) is 4.90 Å². The highest BCUT2D eigenvalue weighted by atomic mass is 19.1. The van der Waals surface area contributed by atoms with Gasteiger partial charge in [0, 0.05) is 25.2 Å². The molecule has 0 saturated carbocycles. The van der Waals surface area contributed by atoms with Crippen LogP contribution in [0.25, 0.3) is 0 Å². The molecule has 0 atom stereocenters. The second-order valence-corrected chi connectivity index (χ2v) is 5.58. The monoisotopic (exact) mass is 277 g/mol. The van der Waals surface area contributed by atoms with Crippen molar-refractivity contribution in [2.24, 2.45) is 0 Å². The molecule has 1 fully saturated rings. The number of likely N-dealkylation sites (tertiary alicyclic amines) is 1. The average molecular weight is 277 g/mol. The Kier molecular flexibility index (Phi) is 4.77. The van der Waals surface area contributed by atoms with Crippen LogP contribution < -0.4 is 0 Å². The van der Waals surface area contributed by atoms with Crippen LogP contribution in [0.2, 0.25) is 0 Å². The Morgan fingerprint density at radius 3 is 2.65 bits per heavy atom. The van der Waals surface area contributed by atoms with E-state index in [2.05, 4.69) is 16.7 Å². The lowest BCUT2D eigenvalue weighted by Crippen LogP contribution is -2.41. The Morgan fingerprint density at radius 2 is 2.00 bits per heavy atom. The fourth-order valence-electron chi connectivity index (χ4n) is 2.41. The van der Waals surface area contributed by atoms with Crippen molar-refractivity contribution in [3.05, 3.63) is 35.1 Å². The normalized spacial score (nSPS) is 18.4. The molecule has 1 aromatic rings. The van der Waals surface area contributed by atoms with E-state index in [4.69, 9.17) is 5.11 Å². The summed E-state index contributed by atoms with van der Waals surface area (Å²) in [5, 5.41) is 18.6. The Hall–Kier alpha value is -1.41. The molecule has 0 unspecified atom stereocenters. The third kappa shape index (κ3) is 4.31. The van der Waals surface area contributed by atoms with Gasteiger partial charge in [0.2, 0.25) is 0 Å². The summed E-state index contributed by atoms with van der Waals surface area (Å²) in [5.74, 6) is 4.94. The van der Waals surface area contributed by atoms with Crippen LogP contribution in [0.3, 0.4) is 0 Å². The highest BCUT2D eigenvalue weighted by molar-refractivity contribution is 5.37. The zero-order chi connectivity index (χ0) is 14.6. The lowest BCUT2D eigenvalue weighted by molar-refractivity contribution is -0.00732. The fraction of sp³-hybridized carbons (Fsp3) is 0.500. The van der Waals surface area contributed by atoms with Crippen molar-refractivity contribution in [2.45, 2.75) is 31.9 Å². The van der Waals surface area contributed by atoms with Gasteiger partial charge in [-0.3, -0.25) is 4.90 Å². The number of nitrogens with zero attached hydrogens (tertiary/aromatic N) is 1. The third-order valence-electron chi connectivity index (χ3n) is 3.61. The van der Waals surface area contributed by atoms with Crippen LogP contribution >= 0.6 is 0 Å². The molecule has 0 radical (unpaired) electrons.